The molecule has 2 bridgehead atoms. The van der Waals surface area contributed by atoms with Crippen LogP contribution in [0.5, 0.6) is 11.5 Å². The number of phenols is 1. The van der Waals surface area contributed by atoms with Crippen LogP contribution in [0.1, 0.15) is 48.8 Å². The van der Waals surface area contributed by atoms with Crippen molar-refractivity contribution in [2.24, 2.45) is 5.92 Å². The summed E-state index contributed by atoms with van der Waals surface area (Å²) in [4.78, 5) is 17.8. The number of phenolic OH excluding ortho intramolecular Hbond substituents is 1. The number of likely N-dealkylation sites (tertiary alicyclic amines) is 1. The summed E-state index contributed by atoms with van der Waals surface area (Å²) < 4.78 is 6.61. The molecule has 3 aliphatic carbocycles. The van der Waals surface area contributed by atoms with Crippen molar-refractivity contribution in [2.45, 2.75) is 74.1 Å². The Morgan fingerprint density at radius 1 is 1.16 bits per heavy atom. The molecule has 8 heteroatoms. The van der Waals surface area contributed by atoms with Gasteiger partial charge in [-0.15, -0.1) is 0 Å². The van der Waals surface area contributed by atoms with Gasteiger partial charge >= 0.3 is 0 Å². The van der Waals surface area contributed by atoms with Crippen LogP contribution in [0.3, 0.4) is 0 Å². The van der Waals surface area contributed by atoms with E-state index in [0.29, 0.717) is 28.6 Å². The van der Waals surface area contributed by atoms with E-state index >= 15 is 0 Å². The Balaban J connectivity index is 1.25. The highest BCUT2D eigenvalue weighted by atomic mass is 35.5. The van der Waals surface area contributed by atoms with Crippen LogP contribution >= 0.6 is 23.2 Å². The second-order valence-electron chi connectivity index (χ2n) is 11.8. The lowest BCUT2D eigenvalue weighted by atomic mass is 9.48. The molecule has 196 valence electrons. The van der Waals surface area contributed by atoms with E-state index in [4.69, 9.17) is 27.9 Å². The number of benzene rings is 2. The maximum Gasteiger partial charge on any atom is 0.227 e. The number of likely N-dealkylation sites (N-methyl/N-ethyl adjacent to an activating group) is 1. The lowest BCUT2D eigenvalue weighted by molar-refractivity contribution is -0.200. The summed E-state index contributed by atoms with van der Waals surface area (Å²) in [5, 5.41) is 24.3. The zero-order valence-corrected chi connectivity index (χ0v) is 22.4. The van der Waals surface area contributed by atoms with Crippen molar-refractivity contribution in [3.05, 3.63) is 57.1 Å². The highest BCUT2D eigenvalue weighted by Crippen LogP contribution is 2.66. The molecule has 5 atom stereocenters. The van der Waals surface area contributed by atoms with Gasteiger partial charge in [-0.05, 0) is 80.3 Å². The summed E-state index contributed by atoms with van der Waals surface area (Å²) in [6.07, 6.45) is 5.11. The van der Waals surface area contributed by atoms with Crippen LogP contribution in [0.2, 0.25) is 10.0 Å². The van der Waals surface area contributed by atoms with Gasteiger partial charge in [0, 0.05) is 25.2 Å². The summed E-state index contributed by atoms with van der Waals surface area (Å²) in [5.74, 6) is 1.33. The molecule has 1 amide bonds. The number of carbonyl (C=O) groups is 1. The lowest BCUT2D eigenvalue weighted by Gasteiger charge is -2.64. The van der Waals surface area contributed by atoms with Crippen LogP contribution in [0, 0.1) is 5.92 Å². The van der Waals surface area contributed by atoms with Gasteiger partial charge in [0.2, 0.25) is 5.91 Å². The fourth-order valence-electron chi connectivity index (χ4n) is 7.99. The summed E-state index contributed by atoms with van der Waals surface area (Å²) >= 11 is 12.3. The van der Waals surface area contributed by atoms with Crippen LogP contribution in [-0.2, 0) is 23.1 Å². The topological polar surface area (TPSA) is 73.2 Å². The van der Waals surface area contributed by atoms with Crippen molar-refractivity contribution in [1.29, 1.82) is 0 Å². The zero-order chi connectivity index (χ0) is 25.7. The van der Waals surface area contributed by atoms with Gasteiger partial charge in [-0.2, -0.15) is 0 Å². The second kappa shape index (κ2) is 8.25. The molecule has 6 nitrogen and oxygen atoms in total. The van der Waals surface area contributed by atoms with E-state index in [1.165, 1.54) is 12.8 Å². The van der Waals surface area contributed by atoms with Gasteiger partial charge in [0.25, 0.3) is 0 Å². The van der Waals surface area contributed by atoms with Crippen molar-refractivity contribution in [2.75, 3.05) is 20.1 Å². The van der Waals surface area contributed by atoms with Crippen molar-refractivity contribution in [3.63, 3.8) is 0 Å². The van der Waals surface area contributed by atoms with Crippen LogP contribution in [-0.4, -0.2) is 69.8 Å². The average molecular weight is 543 g/mol. The molecule has 0 radical (unpaired) electrons. The minimum absolute atomic E-state index is 0.0223. The third kappa shape index (κ3) is 3.35. The van der Waals surface area contributed by atoms with Gasteiger partial charge in [0.1, 0.15) is 6.10 Å². The minimum atomic E-state index is -0.957. The number of nitrogens with zero attached hydrogens (tertiary/aromatic N) is 2. The van der Waals surface area contributed by atoms with Gasteiger partial charge in [-0.25, -0.2) is 0 Å². The smallest absolute Gasteiger partial charge is 0.227 e. The van der Waals surface area contributed by atoms with Crippen LogP contribution < -0.4 is 4.74 Å². The number of aliphatic hydroxyl groups is 1. The highest BCUT2D eigenvalue weighted by Gasteiger charge is 2.73. The minimum Gasteiger partial charge on any atom is -0.504 e. The van der Waals surface area contributed by atoms with E-state index < -0.39 is 17.1 Å². The van der Waals surface area contributed by atoms with Gasteiger partial charge in [-0.3, -0.25) is 9.69 Å². The quantitative estimate of drug-likeness (QED) is 0.588. The SMILES string of the molecule is CN(C(=O)Cc1ccc(Cl)c(Cl)c1)[C@@H]1CC[C@@]2(O)[C@@H]3Cc4ccc(O)c5c4[C@@]2(CCN3CC2CC2)[C@H]1O5. The molecule has 2 aromatic carbocycles. The molecule has 5 aliphatic rings. The molecule has 2 heterocycles. The maximum atomic E-state index is 13.5. The number of piperidine rings is 1. The molecule has 2 aromatic rings. The molecule has 0 unspecified atom stereocenters. The fourth-order valence-corrected chi connectivity index (χ4v) is 8.31. The number of amides is 1. The van der Waals surface area contributed by atoms with Gasteiger partial charge in [-0.1, -0.05) is 35.3 Å². The molecule has 1 saturated heterocycles. The van der Waals surface area contributed by atoms with Crippen LogP contribution in [0.25, 0.3) is 0 Å². The number of aromatic hydroxyl groups is 1. The molecule has 37 heavy (non-hydrogen) atoms. The van der Waals surface area contributed by atoms with E-state index in [-0.39, 0.29) is 30.2 Å². The predicted octanol–water partition coefficient (Wildman–Crippen LogP) is 4.33. The Kier molecular flexibility index (Phi) is 5.37. The number of hydrogen-bond donors (Lipinski definition) is 2. The second-order valence-corrected chi connectivity index (χ2v) is 12.6. The third-order valence-corrected chi connectivity index (χ3v) is 10.7. The average Bonchev–Trinajstić information content (AvgIpc) is 3.61. The van der Waals surface area contributed by atoms with E-state index in [9.17, 15) is 15.0 Å². The predicted molar refractivity (Wildman–Crippen MR) is 142 cm³/mol. The Bertz CT molecular complexity index is 1300. The van der Waals surface area contributed by atoms with Crippen molar-refractivity contribution >= 4 is 29.1 Å². The molecule has 1 spiro atoms. The summed E-state index contributed by atoms with van der Waals surface area (Å²) in [6, 6.07) is 8.81. The van der Waals surface area contributed by atoms with E-state index in [1.54, 1.807) is 23.1 Å². The summed E-state index contributed by atoms with van der Waals surface area (Å²) in [5.41, 5.74) is 1.35. The lowest BCUT2D eigenvalue weighted by Crippen LogP contribution is -2.78. The number of carbonyl (C=O) groups excluding carboxylic acids is 1. The van der Waals surface area contributed by atoms with Crippen LogP contribution in [0.4, 0.5) is 0 Å². The Morgan fingerprint density at radius 2 is 1.97 bits per heavy atom. The van der Waals surface area contributed by atoms with E-state index in [1.807, 2.05) is 19.2 Å². The van der Waals surface area contributed by atoms with E-state index in [0.717, 1.165) is 48.5 Å². The fraction of sp³-hybridized carbons (Fsp3) is 0.552. The number of halogens is 2. The molecule has 2 N–H and O–H groups in total. The third-order valence-electron chi connectivity index (χ3n) is 9.96. The number of ether oxygens (including phenoxy) is 1. The first-order chi connectivity index (χ1) is 17.7. The first kappa shape index (κ1) is 24.1. The standard InChI is InChI=1S/C29H32Cl2N2O4/c1-32(24(35)13-17-4-6-19(30)20(31)12-17)21-8-9-29(36)23-14-18-5-7-22(34)26-25(18)28(29,27(21)37-26)10-11-33(23)15-16-2-3-16/h4-7,12,16,21,23,27,34,36H,2-3,8-11,13-15H2,1H3/t21-,23+,27+,28+,29-/m1/s1. The highest BCUT2D eigenvalue weighted by molar-refractivity contribution is 6.42. The molecule has 3 fully saturated rings. The zero-order valence-electron chi connectivity index (χ0n) is 20.9. The monoisotopic (exact) mass is 542 g/mol. The van der Waals surface area contributed by atoms with E-state index in [2.05, 4.69) is 4.90 Å². The first-order valence-electron chi connectivity index (χ1n) is 13.4. The molecule has 2 saturated carbocycles. The molecule has 7 rings (SSSR count). The van der Waals surface area contributed by atoms with Crippen molar-refractivity contribution < 1.29 is 19.7 Å². The normalized spacial score (nSPS) is 33.6. The first-order valence-corrected chi connectivity index (χ1v) is 14.2. The van der Waals surface area contributed by atoms with Gasteiger partial charge in [0.05, 0.1) is 33.5 Å². The van der Waals surface area contributed by atoms with Crippen LogP contribution in [0.15, 0.2) is 30.3 Å². The molecular weight excluding hydrogens is 511 g/mol. The van der Waals surface area contributed by atoms with Gasteiger partial charge in [0.15, 0.2) is 11.5 Å². The van der Waals surface area contributed by atoms with Crippen molar-refractivity contribution in [3.8, 4) is 11.5 Å². The molecular formula is C29H32Cl2N2O4. The van der Waals surface area contributed by atoms with Gasteiger partial charge < -0.3 is 19.8 Å². The Morgan fingerprint density at radius 3 is 2.73 bits per heavy atom. The number of hydrogen-bond acceptors (Lipinski definition) is 5. The number of rotatable bonds is 5. The Labute approximate surface area is 227 Å². The summed E-state index contributed by atoms with van der Waals surface area (Å²) in [7, 11) is 1.83. The Hall–Kier alpha value is -1.99. The van der Waals surface area contributed by atoms with Crippen molar-refractivity contribution in [1.82, 2.24) is 9.80 Å². The summed E-state index contributed by atoms with van der Waals surface area (Å²) in [6.45, 7) is 1.94. The maximum absolute atomic E-state index is 13.5. The largest absolute Gasteiger partial charge is 0.504 e. The molecule has 0 aromatic heterocycles. The molecule has 2 aliphatic heterocycles.